The third-order valence-corrected chi connectivity index (χ3v) is 5.29. The van der Waals surface area contributed by atoms with Crippen LogP contribution in [0.1, 0.15) is 12.5 Å². The smallest absolute Gasteiger partial charge is 0.191 e. The minimum absolute atomic E-state index is 0.0814. The van der Waals surface area contributed by atoms with E-state index in [4.69, 9.17) is 9.47 Å². The summed E-state index contributed by atoms with van der Waals surface area (Å²) < 4.78 is 23.4. The van der Waals surface area contributed by atoms with E-state index in [1.807, 2.05) is 61.5 Å². The highest BCUT2D eigenvalue weighted by molar-refractivity contribution is 7.84. The van der Waals surface area contributed by atoms with Crippen molar-refractivity contribution in [2.45, 2.75) is 18.8 Å². The molecule has 0 heterocycles. The van der Waals surface area contributed by atoms with Crippen LogP contribution < -0.4 is 20.1 Å². The average Bonchev–Trinajstić information content (AvgIpc) is 2.71. The zero-order chi connectivity index (χ0) is 20.2. The Bertz CT molecular complexity index is 769. The summed E-state index contributed by atoms with van der Waals surface area (Å²) in [6.45, 7) is 3.13. The minimum atomic E-state index is -0.916. The molecule has 0 fully saturated rings. The van der Waals surface area contributed by atoms with Crippen LogP contribution >= 0.6 is 0 Å². The van der Waals surface area contributed by atoms with Gasteiger partial charge in [-0.05, 0) is 24.6 Å². The quantitative estimate of drug-likeness (QED) is 0.471. The lowest BCUT2D eigenvalue weighted by molar-refractivity contribution is 0.213. The van der Waals surface area contributed by atoms with Gasteiger partial charge in [0.25, 0.3) is 0 Å². The van der Waals surface area contributed by atoms with E-state index in [0.717, 1.165) is 5.56 Å². The molecule has 0 aliphatic rings. The van der Waals surface area contributed by atoms with Crippen LogP contribution in [0.2, 0.25) is 0 Å². The van der Waals surface area contributed by atoms with E-state index in [1.54, 1.807) is 14.2 Å². The van der Waals surface area contributed by atoms with Crippen molar-refractivity contribution >= 4 is 16.8 Å². The van der Waals surface area contributed by atoms with E-state index >= 15 is 0 Å². The van der Waals surface area contributed by atoms with Crippen LogP contribution in [-0.2, 0) is 16.6 Å². The van der Waals surface area contributed by atoms with E-state index < -0.39 is 10.8 Å². The number of aliphatic imine (C=N–C) groups is 1. The van der Waals surface area contributed by atoms with Crippen molar-refractivity contribution in [1.29, 1.82) is 0 Å². The Hall–Kier alpha value is -2.54. The predicted molar refractivity (Wildman–Crippen MR) is 116 cm³/mol. The SMILES string of the molecule is CN=C(NCCS(=O)Cc1ccccc1)NCC(C)Oc1ccccc1OC. The summed E-state index contributed by atoms with van der Waals surface area (Å²) in [7, 11) is 2.42. The standard InChI is InChI=1S/C21H29N3O3S/c1-17(27-20-12-8-7-11-19(20)26-3)15-24-21(22-2)23-13-14-28(25)16-18-9-5-4-6-10-18/h4-12,17H,13-16H2,1-3H3,(H2,22,23,24). The van der Waals surface area contributed by atoms with E-state index in [0.29, 0.717) is 42.1 Å². The molecule has 0 saturated heterocycles. The van der Waals surface area contributed by atoms with Crippen LogP contribution in [0.15, 0.2) is 59.6 Å². The molecule has 0 aliphatic heterocycles. The molecule has 0 aliphatic carbocycles. The number of nitrogens with zero attached hydrogens (tertiary/aromatic N) is 1. The van der Waals surface area contributed by atoms with Crippen LogP contribution in [-0.4, -0.2) is 49.3 Å². The second-order valence-electron chi connectivity index (χ2n) is 6.23. The molecule has 0 aromatic heterocycles. The highest BCUT2D eigenvalue weighted by Gasteiger charge is 2.09. The normalized spacial score (nSPS) is 13.5. The van der Waals surface area contributed by atoms with Crippen LogP contribution in [0.5, 0.6) is 11.5 Å². The van der Waals surface area contributed by atoms with Crippen LogP contribution in [0.3, 0.4) is 0 Å². The molecule has 7 heteroatoms. The molecule has 28 heavy (non-hydrogen) atoms. The van der Waals surface area contributed by atoms with E-state index in [-0.39, 0.29) is 6.10 Å². The van der Waals surface area contributed by atoms with Crippen molar-refractivity contribution < 1.29 is 13.7 Å². The van der Waals surface area contributed by atoms with E-state index in [9.17, 15) is 4.21 Å². The lowest BCUT2D eigenvalue weighted by Gasteiger charge is -2.19. The minimum Gasteiger partial charge on any atom is -0.493 e. The predicted octanol–water partition coefficient (Wildman–Crippen LogP) is 2.58. The monoisotopic (exact) mass is 403 g/mol. The van der Waals surface area contributed by atoms with Crippen molar-refractivity contribution in [1.82, 2.24) is 10.6 Å². The number of methoxy groups -OCH3 is 1. The lowest BCUT2D eigenvalue weighted by atomic mass is 10.2. The Morgan fingerprint density at radius 3 is 2.43 bits per heavy atom. The van der Waals surface area contributed by atoms with Crippen LogP contribution in [0, 0.1) is 0 Å². The maximum absolute atomic E-state index is 12.2. The Labute approximate surface area is 169 Å². The molecule has 0 spiro atoms. The first kappa shape index (κ1) is 21.8. The van der Waals surface area contributed by atoms with Crippen molar-refractivity contribution in [3.8, 4) is 11.5 Å². The molecule has 2 atom stereocenters. The van der Waals surface area contributed by atoms with E-state index in [2.05, 4.69) is 15.6 Å². The van der Waals surface area contributed by atoms with Gasteiger partial charge < -0.3 is 20.1 Å². The Morgan fingerprint density at radius 2 is 1.75 bits per heavy atom. The second kappa shape index (κ2) is 12.0. The topological polar surface area (TPSA) is 72.0 Å². The van der Waals surface area contributed by atoms with Crippen molar-refractivity contribution in [2.75, 3.05) is 33.0 Å². The molecular weight excluding hydrogens is 374 g/mol. The Kier molecular flexibility index (Phi) is 9.34. The number of hydrogen-bond donors (Lipinski definition) is 2. The number of guanidine groups is 1. The van der Waals surface area contributed by atoms with Gasteiger partial charge in [0.1, 0.15) is 6.10 Å². The molecule has 2 unspecified atom stereocenters. The van der Waals surface area contributed by atoms with Crippen molar-refractivity contribution in [3.63, 3.8) is 0 Å². The first-order valence-corrected chi connectivity index (χ1v) is 10.7. The third-order valence-electron chi connectivity index (χ3n) is 3.97. The van der Waals surface area contributed by atoms with Gasteiger partial charge in [0, 0.05) is 35.9 Å². The maximum Gasteiger partial charge on any atom is 0.191 e. The molecule has 2 aromatic carbocycles. The Morgan fingerprint density at radius 1 is 1.07 bits per heavy atom. The molecule has 2 N–H and O–H groups in total. The zero-order valence-electron chi connectivity index (χ0n) is 16.7. The summed E-state index contributed by atoms with van der Waals surface area (Å²) in [4.78, 5) is 4.20. The van der Waals surface area contributed by atoms with Gasteiger partial charge >= 0.3 is 0 Å². The molecule has 6 nitrogen and oxygen atoms in total. The number of ether oxygens (including phenoxy) is 2. The van der Waals surface area contributed by atoms with Crippen molar-refractivity contribution in [2.24, 2.45) is 4.99 Å². The van der Waals surface area contributed by atoms with Crippen LogP contribution in [0.4, 0.5) is 0 Å². The van der Waals surface area contributed by atoms with Gasteiger partial charge in [-0.1, -0.05) is 42.5 Å². The highest BCUT2D eigenvalue weighted by atomic mass is 32.2. The van der Waals surface area contributed by atoms with Gasteiger partial charge in [-0.2, -0.15) is 0 Å². The van der Waals surface area contributed by atoms with Gasteiger partial charge in [0.2, 0.25) is 0 Å². The fourth-order valence-corrected chi connectivity index (χ4v) is 3.59. The summed E-state index contributed by atoms with van der Waals surface area (Å²) in [6.07, 6.45) is -0.0814. The summed E-state index contributed by atoms with van der Waals surface area (Å²) in [5.41, 5.74) is 1.09. The zero-order valence-corrected chi connectivity index (χ0v) is 17.5. The maximum atomic E-state index is 12.2. The molecule has 152 valence electrons. The summed E-state index contributed by atoms with van der Waals surface area (Å²) in [5.74, 6) is 3.20. The summed E-state index contributed by atoms with van der Waals surface area (Å²) >= 11 is 0. The molecule has 0 saturated carbocycles. The van der Waals surface area contributed by atoms with Gasteiger partial charge in [0.05, 0.1) is 13.7 Å². The highest BCUT2D eigenvalue weighted by Crippen LogP contribution is 2.26. The number of rotatable bonds is 10. The molecular formula is C21H29N3O3S. The van der Waals surface area contributed by atoms with Gasteiger partial charge in [-0.15, -0.1) is 0 Å². The largest absolute Gasteiger partial charge is 0.493 e. The fraction of sp³-hybridized carbons (Fsp3) is 0.381. The fourth-order valence-electron chi connectivity index (χ4n) is 2.55. The summed E-state index contributed by atoms with van der Waals surface area (Å²) in [5, 5.41) is 6.42. The Balaban J connectivity index is 1.70. The van der Waals surface area contributed by atoms with Crippen molar-refractivity contribution in [3.05, 3.63) is 60.2 Å². The van der Waals surface area contributed by atoms with Gasteiger partial charge in [0.15, 0.2) is 17.5 Å². The number of hydrogen-bond acceptors (Lipinski definition) is 4. The first-order valence-electron chi connectivity index (χ1n) is 9.25. The molecule has 0 radical (unpaired) electrons. The van der Waals surface area contributed by atoms with Gasteiger partial charge in [-0.3, -0.25) is 9.20 Å². The lowest BCUT2D eigenvalue weighted by Crippen LogP contribution is -2.43. The summed E-state index contributed by atoms with van der Waals surface area (Å²) in [6, 6.07) is 17.4. The number of para-hydroxylation sites is 2. The van der Waals surface area contributed by atoms with E-state index in [1.165, 1.54) is 0 Å². The molecule has 2 aromatic rings. The third kappa shape index (κ3) is 7.60. The van der Waals surface area contributed by atoms with Gasteiger partial charge in [-0.25, -0.2) is 0 Å². The number of nitrogens with one attached hydrogen (secondary N) is 2. The first-order chi connectivity index (χ1) is 13.6. The average molecular weight is 404 g/mol. The molecule has 2 rings (SSSR count). The molecule has 0 amide bonds. The van der Waals surface area contributed by atoms with Crippen LogP contribution in [0.25, 0.3) is 0 Å². The molecule has 0 bridgehead atoms. The number of benzene rings is 2. The second-order valence-corrected chi connectivity index (χ2v) is 7.81.